The number of hydrogen-bond donors (Lipinski definition) is 0. The third-order valence-corrected chi connectivity index (χ3v) is 5.32. The first kappa shape index (κ1) is 17.5. The van der Waals surface area contributed by atoms with Crippen molar-refractivity contribution in [1.29, 1.82) is 0 Å². The van der Waals surface area contributed by atoms with Gasteiger partial charge in [0.2, 0.25) is 0 Å². The fraction of sp³-hybridized carbons (Fsp3) is 0.190. The van der Waals surface area contributed by atoms with E-state index in [0.717, 1.165) is 27.9 Å². The lowest BCUT2D eigenvalue weighted by Crippen LogP contribution is -2.01. The molecule has 2 heterocycles. The van der Waals surface area contributed by atoms with Gasteiger partial charge in [-0.2, -0.15) is 5.10 Å². The van der Waals surface area contributed by atoms with Crippen LogP contribution in [0.4, 0.5) is 0 Å². The maximum atomic E-state index is 4.87. The van der Waals surface area contributed by atoms with E-state index in [-0.39, 0.29) is 0 Å². The summed E-state index contributed by atoms with van der Waals surface area (Å²) in [6.45, 7) is 4.27. The molecule has 0 amide bonds. The van der Waals surface area contributed by atoms with Gasteiger partial charge in [-0.05, 0) is 26.0 Å². The normalized spacial score (nSPS) is 11.2. The van der Waals surface area contributed by atoms with Crippen LogP contribution in [-0.2, 0) is 5.75 Å². The lowest BCUT2D eigenvalue weighted by atomic mass is 10.1. The quantitative estimate of drug-likeness (QED) is 0.445. The second kappa shape index (κ2) is 7.80. The van der Waals surface area contributed by atoms with Gasteiger partial charge in [-0.1, -0.05) is 60.3 Å². The molecule has 0 saturated heterocycles. The monoisotopic (exact) mass is 375 g/mol. The Morgan fingerprint density at radius 1 is 0.963 bits per heavy atom. The summed E-state index contributed by atoms with van der Waals surface area (Å²) in [7, 11) is 0. The summed E-state index contributed by atoms with van der Waals surface area (Å²) in [6, 6.07) is 20.8. The summed E-state index contributed by atoms with van der Waals surface area (Å²) in [4.78, 5) is 0. The van der Waals surface area contributed by atoms with Gasteiger partial charge in [0.15, 0.2) is 5.16 Å². The Bertz CT molecular complexity index is 1010. The molecule has 2 aromatic carbocycles. The molecule has 6 heteroatoms. The minimum Gasteiger partial charge on any atom is -0.306 e. The van der Waals surface area contributed by atoms with Gasteiger partial charge < -0.3 is 4.57 Å². The van der Waals surface area contributed by atoms with E-state index >= 15 is 0 Å². The van der Waals surface area contributed by atoms with Crippen LogP contribution in [0.25, 0.3) is 16.9 Å². The molecule has 0 N–H and O–H groups in total. The van der Waals surface area contributed by atoms with Crippen LogP contribution in [0.2, 0.25) is 0 Å². The Labute approximate surface area is 163 Å². The average molecular weight is 376 g/mol. The summed E-state index contributed by atoms with van der Waals surface area (Å²) < 4.78 is 4.04. The fourth-order valence-corrected chi connectivity index (χ4v) is 3.91. The molecule has 0 saturated carbocycles. The molecule has 27 heavy (non-hydrogen) atoms. The molecule has 4 aromatic rings. The molecule has 0 unspecified atom stereocenters. The lowest BCUT2D eigenvalue weighted by Gasteiger charge is -2.09. The van der Waals surface area contributed by atoms with Crippen LogP contribution in [0.5, 0.6) is 0 Å². The van der Waals surface area contributed by atoms with Gasteiger partial charge in [-0.15, -0.1) is 10.2 Å². The van der Waals surface area contributed by atoms with Gasteiger partial charge in [0.1, 0.15) is 6.33 Å². The summed E-state index contributed by atoms with van der Waals surface area (Å²) >= 11 is 1.69. The van der Waals surface area contributed by atoms with Crippen LogP contribution in [0, 0.1) is 0 Å². The van der Waals surface area contributed by atoms with Crippen molar-refractivity contribution in [2.45, 2.75) is 30.8 Å². The topological polar surface area (TPSA) is 48.5 Å². The van der Waals surface area contributed by atoms with E-state index in [4.69, 9.17) is 5.10 Å². The molecular formula is C21H21N5S. The largest absolute Gasteiger partial charge is 0.306 e. The summed E-state index contributed by atoms with van der Waals surface area (Å²) in [5.74, 6) is 0.780. The predicted octanol–water partition coefficient (Wildman–Crippen LogP) is 5.00. The molecule has 0 aliphatic rings. The average Bonchev–Trinajstić information content (AvgIpc) is 3.35. The molecule has 4 rings (SSSR count). The van der Waals surface area contributed by atoms with Crippen molar-refractivity contribution in [3.8, 4) is 16.9 Å². The third-order valence-electron chi connectivity index (χ3n) is 4.31. The zero-order chi connectivity index (χ0) is 18.6. The van der Waals surface area contributed by atoms with Gasteiger partial charge in [-0.3, -0.25) is 0 Å². The number of hydrogen-bond acceptors (Lipinski definition) is 4. The smallest absolute Gasteiger partial charge is 0.191 e. The van der Waals surface area contributed by atoms with E-state index < -0.39 is 0 Å². The van der Waals surface area contributed by atoms with Crippen LogP contribution in [0.1, 0.15) is 25.5 Å². The Morgan fingerprint density at radius 3 is 2.37 bits per heavy atom. The van der Waals surface area contributed by atoms with E-state index in [9.17, 15) is 0 Å². The number of para-hydroxylation sites is 1. The molecule has 5 nitrogen and oxygen atoms in total. The first-order chi connectivity index (χ1) is 13.2. The highest BCUT2D eigenvalue weighted by molar-refractivity contribution is 7.98. The van der Waals surface area contributed by atoms with Crippen molar-refractivity contribution in [1.82, 2.24) is 24.5 Å². The lowest BCUT2D eigenvalue weighted by molar-refractivity contribution is 0.549. The molecule has 0 fully saturated rings. The van der Waals surface area contributed by atoms with E-state index in [0.29, 0.717) is 6.04 Å². The van der Waals surface area contributed by atoms with E-state index in [1.54, 1.807) is 18.1 Å². The molecule has 2 aromatic heterocycles. The van der Waals surface area contributed by atoms with E-state index in [1.807, 2.05) is 41.1 Å². The first-order valence-corrected chi connectivity index (χ1v) is 9.92. The molecule has 0 aliphatic heterocycles. The minimum atomic E-state index is 0.336. The van der Waals surface area contributed by atoms with Gasteiger partial charge in [0, 0.05) is 29.1 Å². The van der Waals surface area contributed by atoms with Crippen molar-refractivity contribution in [3.63, 3.8) is 0 Å². The van der Waals surface area contributed by atoms with Gasteiger partial charge >= 0.3 is 0 Å². The number of aromatic nitrogens is 5. The zero-order valence-electron chi connectivity index (χ0n) is 15.4. The van der Waals surface area contributed by atoms with Crippen LogP contribution >= 0.6 is 11.8 Å². The van der Waals surface area contributed by atoms with E-state index in [2.05, 4.69) is 59.1 Å². The first-order valence-electron chi connectivity index (χ1n) is 8.94. The molecule has 0 bridgehead atoms. The van der Waals surface area contributed by atoms with Gasteiger partial charge in [0.25, 0.3) is 0 Å². The van der Waals surface area contributed by atoms with Crippen LogP contribution < -0.4 is 0 Å². The second-order valence-electron chi connectivity index (χ2n) is 6.55. The molecular weight excluding hydrogens is 354 g/mol. The molecule has 0 atom stereocenters. The number of benzene rings is 2. The molecule has 0 spiro atoms. The van der Waals surface area contributed by atoms with Crippen LogP contribution in [-0.4, -0.2) is 24.5 Å². The molecule has 0 radical (unpaired) electrons. The Morgan fingerprint density at radius 2 is 1.67 bits per heavy atom. The maximum absolute atomic E-state index is 4.87. The van der Waals surface area contributed by atoms with Crippen molar-refractivity contribution in [2.24, 2.45) is 0 Å². The molecule has 136 valence electrons. The Hall–Kier alpha value is -2.86. The predicted molar refractivity (Wildman–Crippen MR) is 109 cm³/mol. The molecule has 0 aliphatic carbocycles. The number of rotatable bonds is 6. The van der Waals surface area contributed by atoms with Crippen molar-refractivity contribution >= 4 is 11.8 Å². The summed E-state index contributed by atoms with van der Waals surface area (Å²) in [5.41, 5.74) is 4.35. The fourth-order valence-electron chi connectivity index (χ4n) is 2.90. The summed E-state index contributed by atoms with van der Waals surface area (Å²) in [6.07, 6.45) is 3.90. The van der Waals surface area contributed by atoms with Gasteiger partial charge in [-0.25, -0.2) is 4.68 Å². The van der Waals surface area contributed by atoms with E-state index in [1.165, 1.54) is 5.56 Å². The van der Waals surface area contributed by atoms with Crippen LogP contribution in [0.3, 0.4) is 0 Å². The number of thioether (sulfide) groups is 1. The standard InChI is InChI=1S/C21H21N5S/c1-16(2)25-15-22-23-21(25)27-14-18-13-26(19-11-7-4-8-12-19)24-20(18)17-9-5-3-6-10-17/h3-13,15-16H,14H2,1-2H3. The Balaban J connectivity index is 1.68. The van der Waals surface area contributed by atoms with Gasteiger partial charge in [0.05, 0.1) is 11.4 Å². The second-order valence-corrected chi connectivity index (χ2v) is 7.49. The summed E-state index contributed by atoms with van der Waals surface area (Å²) in [5, 5.41) is 14.1. The highest BCUT2D eigenvalue weighted by atomic mass is 32.2. The highest BCUT2D eigenvalue weighted by Gasteiger charge is 2.15. The third kappa shape index (κ3) is 3.80. The Kier molecular flexibility index (Phi) is 5.07. The minimum absolute atomic E-state index is 0.336. The van der Waals surface area contributed by atoms with Crippen molar-refractivity contribution < 1.29 is 0 Å². The van der Waals surface area contributed by atoms with Crippen molar-refractivity contribution in [2.75, 3.05) is 0 Å². The SMILES string of the molecule is CC(C)n1cnnc1SCc1cn(-c2ccccc2)nc1-c1ccccc1. The highest BCUT2D eigenvalue weighted by Crippen LogP contribution is 2.30. The van der Waals surface area contributed by atoms with Crippen LogP contribution in [0.15, 0.2) is 78.3 Å². The van der Waals surface area contributed by atoms with Crippen molar-refractivity contribution in [3.05, 3.63) is 78.8 Å². The maximum Gasteiger partial charge on any atom is 0.191 e. The number of nitrogens with zero attached hydrogens (tertiary/aromatic N) is 5. The zero-order valence-corrected chi connectivity index (χ0v) is 16.2.